The Morgan fingerprint density at radius 3 is 2.21 bits per heavy atom. The maximum Gasteiger partial charge on any atom is 0.212 e. The molecule has 0 amide bonds. The molecular weight excluding hydrogens is 230 g/mol. The molecular formula is C18H24N+. The summed E-state index contributed by atoms with van der Waals surface area (Å²) in [5.41, 5.74) is 6.78. The standard InChI is InChI=1S/C18H24N/c1-13-7-8-14(2)16(11-13)17-10-9-15(12-19(17)6)18(3,4)5/h7-12H,1-6H3/q+1. The molecule has 0 atom stereocenters. The van der Waals surface area contributed by atoms with Gasteiger partial charge in [-0.15, -0.1) is 0 Å². The Balaban J connectivity index is 2.55. The van der Waals surface area contributed by atoms with Crippen LogP contribution in [0.3, 0.4) is 0 Å². The minimum absolute atomic E-state index is 0.192. The lowest BCUT2D eigenvalue weighted by molar-refractivity contribution is -0.661. The number of benzene rings is 1. The van der Waals surface area contributed by atoms with Gasteiger partial charge in [0, 0.05) is 17.2 Å². The van der Waals surface area contributed by atoms with Crippen molar-refractivity contribution in [2.24, 2.45) is 7.05 Å². The number of hydrogen-bond donors (Lipinski definition) is 0. The Hall–Kier alpha value is -1.63. The smallest absolute Gasteiger partial charge is 0.201 e. The highest BCUT2D eigenvalue weighted by Crippen LogP contribution is 2.25. The highest BCUT2D eigenvalue weighted by molar-refractivity contribution is 5.62. The van der Waals surface area contributed by atoms with Crippen LogP contribution in [0.5, 0.6) is 0 Å². The lowest BCUT2D eigenvalue weighted by atomic mass is 9.88. The van der Waals surface area contributed by atoms with Crippen LogP contribution in [-0.4, -0.2) is 0 Å². The average Bonchev–Trinajstić information content (AvgIpc) is 2.31. The Morgan fingerprint density at radius 1 is 0.947 bits per heavy atom. The van der Waals surface area contributed by atoms with E-state index in [1.807, 2.05) is 0 Å². The van der Waals surface area contributed by atoms with E-state index in [1.54, 1.807) is 0 Å². The minimum atomic E-state index is 0.192. The summed E-state index contributed by atoms with van der Waals surface area (Å²) in [7, 11) is 2.13. The van der Waals surface area contributed by atoms with Gasteiger partial charge in [-0.2, -0.15) is 0 Å². The van der Waals surface area contributed by atoms with Crippen LogP contribution in [0.15, 0.2) is 36.5 Å². The molecule has 0 N–H and O–H groups in total. The first-order chi connectivity index (χ1) is 8.79. The third-order valence-electron chi connectivity index (χ3n) is 3.67. The van der Waals surface area contributed by atoms with Crippen LogP contribution in [0.4, 0.5) is 0 Å². The van der Waals surface area contributed by atoms with Gasteiger partial charge in [0.2, 0.25) is 5.69 Å². The van der Waals surface area contributed by atoms with E-state index in [9.17, 15) is 0 Å². The lowest BCUT2D eigenvalue weighted by Crippen LogP contribution is -2.33. The van der Waals surface area contributed by atoms with Crippen molar-refractivity contribution in [3.63, 3.8) is 0 Å². The van der Waals surface area contributed by atoms with Crippen LogP contribution in [0.2, 0.25) is 0 Å². The van der Waals surface area contributed by atoms with Gasteiger partial charge in [0.1, 0.15) is 7.05 Å². The number of aryl methyl sites for hydroxylation is 3. The van der Waals surface area contributed by atoms with E-state index in [-0.39, 0.29) is 5.41 Å². The topological polar surface area (TPSA) is 3.88 Å². The molecule has 2 aromatic rings. The van der Waals surface area contributed by atoms with Gasteiger partial charge in [-0.25, -0.2) is 4.57 Å². The first-order valence-electron chi connectivity index (χ1n) is 6.87. The molecule has 0 fully saturated rings. The molecule has 0 spiro atoms. The molecule has 1 nitrogen and oxygen atoms in total. The van der Waals surface area contributed by atoms with E-state index in [2.05, 4.69) is 82.8 Å². The van der Waals surface area contributed by atoms with Gasteiger partial charge in [-0.05, 0) is 37.0 Å². The van der Waals surface area contributed by atoms with Gasteiger partial charge in [0.05, 0.1) is 0 Å². The van der Waals surface area contributed by atoms with Crippen LogP contribution in [-0.2, 0) is 12.5 Å². The number of pyridine rings is 1. The largest absolute Gasteiger partial charge is 0.212 e. The van der Waals surface area contributed by atoms with Gasteiger partial charge >= 0.3 is 0 Å². The highest BCUT2D eigenvalue weighted by Gasteiger charge is 2.19. The summed E-state index contributed by atoms with van der Waals surface area (Å²) in [4.78, 5) is 0. The molecule has 19 heavy (non-hydrogen) atoms. The maximum absolute atomic E-state index is 2.27. The zero-order valence-electron chi connectivity index (χ0n) is 12.9. The first-order valence-corrected chi connectivity index (χ1v) is 6.87. The fourth-order valence-electron chi connectivity index (χ4n) is 2.34. The summed E-state index contributed by atoms with van der Waals surface area (Å²) >= 11 is 0. The molecule has 0 unspecified atom stereocenters. The number of aromatic nitrogens is 1. The van der Waals surface area contributed by atoms with Crippen molar-refractivity contribution in [1.82, 2.24) is 0 Å². The summed E-state index contributed by atoms with van der Waals surface area (Å²) in [6.07, 6.45) is 2.25. The first kappa shape index (κ1) is 13.8. The summed E-state index contributed by atoms with van der Waals surface area (Å²) < 4.78 is 2.24. The van der Waals surface area contributed by atoms with E-state index in [0.29, 0.717) is 0 Å². The molecule has 0 aliphatic carbocycles. The van der Waals surface area contributed by atoms with Gasteiger partial charge < -0.3 is 0 Å². The molecule has 0 saturated heterocycles. The van der Waals surface area contributed by atoms with Crippen molar-refractivity contribution < 1.29 is 4.57 Å². The molecule has 1 heteroatoms. The third-order valence-corrected chi connectivity index (χ3v) is 3.67. The molecule has 0 bridgehead atoms. The van der Waals surface area contributed by atoms with E-state index >= 15 is 0 Å². The van der Waals surface area contributed by atoms with Crippen molar-refractivity contribution in [1.29, 1.82) is 0 Å². The molecule has 0 saturated carbocycles. The fourth-order valence-corrected chi connectivity index (χ4v) is 2.34. The van der Waals surface area contributed by atoms with Crippen LogP contribution in [0, 0.1) is 13.8 Å². The average molecular weight is 254 g/mol. The van der Waals surface area contributed by atoms with Gasteiger partial charge in [0.25, 0.3) is 0 Å². The van der Waals surface area contributed by atoms with Crippen molar-refractivity contribution in [3.05, 3.63) is 53.2 Å². The zero-order valence-corrected chi connectivity index (χ0v) is 12.9. The molecule has 100 valence electrons. The van der Waals surface area contributed by atoms with E-state index in [0.717, 1.165) is 0 Å². The van der Waals surface area contributed by atoms with Gasteiger partial charge in [-0.1, -0.05) is 38.5 Å². The van der Waals surface area contributed by atoms with Crippen molar-refractivity contribution in [2.45, 2.75) is 40.0 Å². The molecule has 0 radical (unpaired) electrons. The van der Waals surface area contributed by atoms with Gasteiger partial charge in [0.15, 0.2) is 6.20 Å². The number of nitrogens with zero attached hydrogens (tertiary/aromatic N) is 1. The van der Waals surface area contributed by atoms with Crippen LogP contribution in [0.1, 0.15) is 37.5 Å². The Morgan fingerprint density at radius 2 is 1.63 bits per heavy atom. The second kappa shape index (κ2) is 4.80. The van der Waals surface area contributed by atoms with E-state index in [1.165, 1.54) is 27.9 Å². The molecule has 1 heterocycles. The summed E-state index contributed by atoms with van der Waals surface area (Å²) in [5.74, 6) is 0. The third kappa shape index (κ3) is 2.86. The molecule has 2 rings (SSSR count). The molecule has 1 aromatic carbocycles. The predicted molar refractivity (Wildman–Crippen MR) is 81.2 cm³/mol. The maximum atomic E-state index is 2.27. The lowest BCUT2D eigenvalue weighted by Gasteiger charge is -2.17. The summed E-state index contributed by atoms with van der Waals surface area (Å²) in [6, 6.07) is 11.1. The van der Waals surface area contributed by atoms with Gasteiger partial charge in [-0.3, -0.25) is 0 Å². The Kier molecular flexibility index (Phi) is 3.49. The quantitative estimate of drug-likeness (QED) is 0.675. The second-order valence-corrected chi connectivity index (χ2v) is 6.48. The molecule has 1 aromatic heterocycles. The van der Waals surface area contributed by atoms with E-state index < -0.39 is 0 Å². The Labute approximate surface area is 116 Å². The SMILES string of the molecule is Cc1ccc(C)c(-c2ccc(C(C)(C)C)c[n+]2C)c1. The number of hydrogen-bond acceptors (Lipinski definition) is 0. The van der Waals surface area contributed by atoms with Crippen molar-refractivity contribution in [2.75, 3.05) is 0 Å². The molecule has 0 aliphatic rings. The highest BCUT2D eigenvalue weighted by atomic mass is 14.9. The normalized spacial score (nSPS) is 11.7. The number of rotatable bonds is 1. The monoisotopic (exact) mass is 254 g/mol. The van der Waals surface area contributed by atoms with Crippen molar-refractivity contribution in [3.8, 4) is 11.3 Å². The second-order valence-electron chi connectivity index (χ2n) is 6.48. The Bertz CT molecular complexity index is 604. The summed E-state index contributed by atoms with van der Waals surface area (Å²) in [6.45, 7) is 11.1. The zero-order chi connectivity index (χ0) is 14.2. The van der Waals surface area contributed by atoms with E-state index in [4.69, 9.17) is 0 Å². The van der Waals surface area contributed by atoms with Crippen LogP contribution in [0.25, 0.3) is 11.3 Å². The molecule has 0 aliphatic heterocycles. The fraction of sp³-hybridized carbons (Fsp3) is 0.389. The summed E-state index contributed by atoms with van der Waals surface area (Å²) in [5, 5.41) is 0. The van der Waals surface area contributed by atoms with Crippen molar-refractivity contribution >= 4 is 0 Å². The van der Waals surface area contributed by atoms with Crippen LogP contribution < -0.4 is 4.57 Å². The van der Waals surface area contributed by atoms with Crippen LogP contribution >= 0.6 is 0 Å². The minimum Gasteiger partial charge on any atom is -0.201 e. The predicted octanol–water partition coefficient (Wildman–Crippen LogP) is 4.09.